The molecule has 1 saturated heterocycles. The number of nitrogens with zero attached hydrogens (tertiary/aromatic N) is 1. The van der Waals surface area contributed by atoms with E-state index in [0.717, 1.165) is 12.0 Å². The summed E-state index contributed by atoms with van der Waals surface area (Å²) in [4.78, 5) is 24.6. The third-order valence-corrected chi connectivity index (χ3v) is 7.48. The van der Waals surface area contributed by atoms with Crippen LogP contribution in [0, 0.1) is 18.8 Å². The SMILES string of the molecule is Cc1ccccc1C(=O)NCCC(=O)Nc1ccc(S(=O)(=O)N2CC(C)CC(C)C2)cc1. The molecule has 0 aliphatic carbocycles. The molecule has 1 heterocycles. The Morgan fingerprint density at radius 2 is 1.62 bits per heavy atom. The van der Waals surface area contributed by atoms with E-state index in [1.807, 2.05) is 19.1 Å². The van der Waals surface area contributed by atoms with Gasteiger partial charge in [-0.15, -0.1) is 0 Å². The van der Waals surface area contributed by atoms with Gasteiger partial charge in [0.15, 0.2) is 0 Å². The van der Waals surface area contributed by atoms with E-state index in [4.69, 9.17) is 0 Å². The third kappa shape index (κ3) is 5.95. The summed E-state index contributed by atoms with van der Waals surface area (Å²) < 4.78 is 27.5. The highest BCUT2D eigenvalue weighted by Crippen LogP contribution is 2.27. The van der Waals surface area contributed by atoms with E-state index in [-0.39, 0.29) is 29.7 Å². The minimum Gasteiger partial charge on any atom is -0.352 e. The van der Waals surface area contributed by atoms with Gasteiger partial charge in [-0.05, 0) is 61.1 Å². The van der Waals surface area contributed by atoms with Gasteiger partial charge in [-0.3, -0.25) is 9.59 Å². The molecule has 1 aliphatic rings. The van der Waals surface area contributed by atoms with Gasteiger partial charge in [0.05, 0.1) is 4.90 Å². The molecule has 0 saturated carbocycles. The van der Waals surface area contributed by atoms with Crippen molar-refractivity contribution in [3.05, 3.63) is 59.7 Å². The van der Waals surface area contributed by atoms with Crippen molar-refractivity contribution in [2.24, 2.45) is 11.8 Å². The molecule has 2 unspecified atom stereocenters. The first-order valence-corrected chi connectivity index (χ1v) is 12.3. The van der Waals surface area contributed by atoms with E-state index in [9.17, 15) is 18.0 Å². The zero-order valence-electron chi connectivity index (χ0n) is 18.8. The molecule has 7 nitrogen and oxygen atoms in total. The molecule has 172 valence electrons. The normalized spacial score (nSPS) is 19.3. The highest BCUT2D eigenvalue weighted by atomic mass is 32.2. The number of carbonyl (C=O) groups excluding carboxylic acids is 2. The maximum absolute atomic E-state index is 13.0. The Balaban J connectivity index is 1.52. The molecule has 1 fully saturated rings. The first kappa shape index (κ1) is 23.9. The van der Waals surface area contributed by atoms with Crippen LogP contribution in [0.5, 0.6) is 0 Å². The van der Waals surface area contributed by atoms with Crippen molar-refractivity contribution < 1.29 is 18.0 Å². The Morgan fingerprint density at radius 1 is 1.00 bits per heavy atom. The Morgan fingerprint density at radius 3 is 2.25 bits per heavy atom. The second-order valence-corrected chi connectivity index (χ2v) is 10.6. The van der Waals surface area contributed by atoms with Crippen molar-refractivity contribution in [2.75, 3.05) is 25.0 Å². The zero-order valence-corrected chi connectivity index (χ0v) is 19.6. The van der Waals surface area contributed by atoms with Crippen molar-refractivity contribution in [3.63, 3.8) is 0 Å². The second kappa shape index (κ2) is 10.3. The summed E-state index contributed by atoms with van der Waals surface area (Å²) in [5.41, 5.74) is 1.97. The molecule has 0 aromatic heterocycles. The van der Waals surface area contributed by atoms with E-state index >= 15 is 0 Å². The maximum Gasteiger partial charge on any atom is 0.251 e. The van der Waals surface area contributed by atoms with Crippen LogP contribution in [0.25, 0.3) is 0 Å². The van der Waals surface area contributed by atoms with Crippen LogP contribution in [0.3, 0.4) is 0 Å². The maximum atomic E-state index is 13.0. The summed E-state index contributed by atoms with van der Waals surface area (Å²) in [5, 5.41) is 5.48. The number of anilines is 1. The van der Waals surface area contributed by atoms with Crippen molar-refractivity contribution in [1.29, 1.82) is 0 Å². The third-order valence-electron chi connectivity index (χ3n) is 5.64. The second-order valence-electron chi connectivity index (χ2n) is 8.66. The first-order valence-electron chi connectivity index (χ1n) is 10.9. The molecular weight excluding hydrogens is 426 g/mol. The highest BCUT2D eigenvalue weighted by molar-refractivity contribution is 7.89. The molecule has 8 heteroatoms. The fourth-order valence-corrected chi connectivity index (χ4v) is 5.78. The number of hydrogen-bond donors (Lipinski definition) is 2. The predicted molar refractivity (Wildman–Crippen MR) is 125 cm³/mol. The van der Waals surface area contributed by atoms with Gasteiger partial charge in [-0.2, -0.15) is 4.31 Å². The fraction of sp³-hybridized carbons (Fsp3) is 0.417. The molecule has 2 N–H and O–H groups in total. The Kier molecular flexibility index (Phi) is 7.69. The molecule has 0 bridgehead atoms. The summed E-state index contributed by atoms with van der Waals surface area (Å²) in [6.07, 6.45) is 1.14. The zero-order chi connectivity index (χ0) is 23.3. The lowest BCUT2D eigenvalue weighted by atomic mass is 9.94. The molecule has 3 rings (SSSR count). The number of rotatable bonds is 7. The van der Waals surface area contributed by atoms with E-state index in [1.165, 1.54) is 12.1 Å². The number of aryl methyl sites for hydroxylation is 1. The van der Waals surface area contributed by atoms with E-state index in [1.54, 1.807) is 28.6 Å². The van der Waals surface area contributed by atoms with Crippen LogP contribution in [0.2, 0.25) is 0 Å². The van der Waals surface area contributed by atoms with E-state index < -0.39 is 10.0 Å². The van der Waals surface area contributed by atoms with Crippen LogP contribution in [-0.2, 0) is 14.8 Å². The Bertz CT molecular complexity index is 1060. The smallest absolute Gasteiger partial charge is 0.251 e. The van der Waals surface area contributed by atoms with Crippen molar-refractivity contribution in [2.45, 2.75) is 38.5 Å². The molecule has 32 heavy (non-hydrogen) atoms. The summed E-state index contributed by atoms with van der Waals surface area (Å²) >= 11 is 0. The number of benzene rings is 2. The van der Waals surface area contributed by atoms with Crippen LogP contribution in [0.1, 0.15) is 42.6 Å². The average molecular weight is 458 g/mol. The molecule has 2 aromatic rings. The first-order chi connectivity index (χ1) is 15.2. The van der Waals surface area contributed by atoms with Gasteiger partial charge in [-0.1, -0.05) is 32.0 Å². The Labute approximate surface area is 190 Å². The lowest BCUT2D eigenvalue weighted by Gasteiger charge is -2.34. The molecular formula is C24H31N3O4S. The lowest BCUT2D eigenvalue weighted by molar-refractivity contribution is -0.116. The quantitative estimate of drug-likeness (QED) is 0.666. The fourth-order valence-electron chi connectivity index (χ4n) is 4.10. The average Bonchev–Trinajstić information content (AvgIpc) is 2.73. The molecule has 0 radical (unpaired) electrons. The minimum atomic E-state index is -3.55. The predicted octanol–water partition coefficient (Wildman–Crippen LogP) is 3.42. The van der Waals surface area contributed by atoms with Gasteiger partial charge < -0.3 is 10.6 Å². The Hall–Kier alpha value is -2.71. The molecule has 2 atom stereocenters. The van der Waals surface area contributed by atoms with Gasteiger partial charge in [-0.25, -0.2) is 8.42 Å². The lowest BCUT2D eigenvalue weighted by Crippen LogP contribution is -2.42. The topological polar surface area (TPSA) is 95.6 Å². The molecule has 2 amide bonds. The van der Waals surface area contributed by atoms with Gasteiger partial charge >= 0.3 is 0 Å². The molecule has 2 aromatic carbocycles. The van der Waals surface area contributed by atoms with Crippen molar-refractivity contribution in [1.82, 2.24) is 9.62 Å². The van der Waals surface area contributed by atoms with Crippen LogP contribution in [0.15, 0.2) is 53.4 Å². The number of piperidine rings is 1. The number of hydrogen-bond acceptors (Lipinski definition) is 4. The van der Waals surface area contributed by atoms with E-state index in [0.29, 0.717) is 36.2 Å². The number of nitrogens with one attached hydrogen (secondary N) is 2. The largest absolute Gasteiger partial charge is 0.352 e. The summed E-state index contributed by atoms with van der Waals surface area (Å²) in [5.74, 6) is 0.188. The number of carbonyl (C=O) groups is 2. The van der Waals surface area contributed by atoms with Crippen molar-refractivity contribution in [3.8, 4) is 0 Å². The van der Waals surface area contributed by atoms with Crippen LogP contribution in [0.4, 0.5) is 5.69 Å². The van der Waals surface area contributed by atoms with Crippen LogP contribution in [-0.4, -0.2) is 44.2 Å². The summed E-state index contributed by atoms with van der Waals surface area (Å²) in [7, 11) is -3.55. The van der Waals surface area contributed by atoms with Crippen LogP contribution < -0.4 is 10.6 Å². The van der Waals surface area contributed by atoms with Gasteiger partial charge in [0, 0.05) is 37.3 Å². The van der Waals surface area contributed by atoms with Crippen LogP contribution >= 0.6 is 0 Å². The highest BCUT2D eigenvalue weighted by Gasteiger charge is 2.31. The van der Waals surface area contributed by atoms with E-state index in [2.05, 4.69) is 24.5 Å². The molecule has 1 aliphatic heterocycles. The summed E-state index contributed by atoms with van der Waals surface area (Å²) in [6.45, 7) is 7.26. The van der Waals surface area contributed by atoms with Gasteiger partial charge in [0.1, 0.15) is 0 Å². The van der Waals surface area contributed by atoms with Gasteiger partial charge in [0.2, 0.25) is 15.9 Å². The summed E-state index contributed by atoms with van der Waals surface area (Å²) in [6, 6.07) is 13.5. The number of amides is 2. The standard InChI is InChI=1S/C24H31N3O4S/c1-17-14-18(2)16-27(15-17)32(30,31)21-10-8-20(9-11-21)26-23(28)12-13-25-24(29)22-7-5-4-6-19(22)3/h4-11,17-18H,12-16H2,1-3H3,(H,25,29)(H,26,28). The number of sulfonamides is 1. The molecule has 0 spiro atoms. The van der Waals surface area contributed by atoms with Gasteiger partial charge in [0.25, 0.3) is 5.91 Å². The van der Waals surface area contributed by atoms with Crippen molar-refractivity contribution >= 4 is 27.5 Å². The monoisotopic (exact) mass is 457 g/mol. The minimum absolute atomic E-state index is 0.112.